The van der Waals surface area contributed by atoms with E-state index in [4.69, 9.17) is 10.5 Å². The summed E-state index contributed by atoms with van der Waals surface area (Å²) in [6, 6.07) is 7.04. The van der Waals surface area contributed by atoms with Gasteiger partial charge < -0.3 is 4.48 Å². The summed E-state index contributed by atoms with van der Waals surface area (Å²) < 4.78 is 29.8. The normalized spacial score (nSPS) is 15.2. The second-order valence-corrected chi connectivity index (χ2v) is 7.66. The fourth-order valence-corrected chi connectivity index (χ4v) is 4.64. The summed E-state index contributed by atoms with van der Waals surface area (Å²) in [7, 11) is -2.69. The fraction of sp³-hybridized carbons (Fsp3) is 0.348. The first-order valence-electron chi connectivity index (χ1n) is 10.4. The van der Waals surface area contributed by atoms with Crippen molar-refractivity contribution in [2.24, 2.45) is 10.1 Å². The van der Waals surface area contributed by atoms with Crippen LogP contribution in [0, 0.1) is 13.8 Å². The van der Waals surface area contributed by atoms with Gasteiger partial charge in [0.2, 0.25) is 0 Å². The standard InChI is InChI=1S/C23H26BF2N5/c1-7-19-13(3)22(28-15(19)5)21(17-10-9-11-18(12-17)29-30-27)23-14(4)20(8-2)16(6)31(23)24(25)26/h9-12H,7-8H2,1-6H3/b22-21-. The molecule has 0 atom stereocenters. The highest BCUT2D eigenvalue weighted by Gasteiger charge is 2.32. The maximum absolute atomic E-state index is 14.3. The molecule has 1 aliphatic heterocycles. The summed E-state index contributed by atoms with van der Waals surface area (Å²) in [6.45, 7) is 11.6. The van der Waals surface area contributed by atoms with E-state index < -0.39 is 7.40 Å². The van der Waals surface area contributed by atoms with Crippen LogP contribution in [0.1, 0.15) is 62.2 Å². The van der Waals surface area contributed by atoms with E-state index >= 15 is 0 Å². The molecule has 3 rings (SSSR count). The van der Waals surface area contributed by atoms with Gasteiger partial charge in [0.1, 0.15) is 0 Å². The van der Waals surface area contributed by atoms with Crippen LogP contribution in [0.2, 0.25) is 0 Å². The number of benzene rings is 1. The molecule has 0 saturated heterocycles. The molecule has 0 spiro atoms. The lowest BCUT2D eigenvalue weighted by Gasteiger charge is -2.17. The van der Waals surface area contributed by atoms with Crippen LogP contribution in [0.15, 0.2) is 51.2 Å². The SMILES string of the molecule is CCC1=C(C)/C(=C(\c2cccc(N=[N+]=[N-])c2)c2c(C)c(CC)c(C)n2B(F)F)N=C1C. The minimum atomic E-state index is -2.69. The third kappa shape index (κ3) is 3.84. The topological polar surface area (TPSA) is 66.1 Å². The van der Waals surface area contributed by atoms with Crippen LogP contribution in [-0.2, 0) is 6.42 Å². The molecule has 0 aliphatic carbocycles. The van der Waals surface area contributed by atoms with Crippen molar-refractivity contribution < 1.29 is 8.63 Å². The first-order valence-corrected chi connectivity index (χ1v) is 10.4. The molecule has 0 N–H and O–H groups in total. The molecule has 31 heavy (non-hydrogen) atoms. The molecule has 0 unspecified atom stereocenters. The Morgan fingerprint density at radius 3 is 2.42 bits per heavy atom. The van der Waals surface area contributed by atoms with Gasteiger partial charge in [0.25, 0.3) is 0 Å². The van der Waals surface area contributed by atoms with Crippen LogP contribution in [0.25, 0.3) is 16.0 Å². The predicted octanol–water partition coefficient (Wildman–Crippen LogP) is 7.34. The number of rotatable bonds is 6. The molecule has 2 aromatic rings. The molecule has 160 valence electrons. The number of aromatic nitrogens is 1. The Balaban J connectivity index is 2.50. The van der Waals surface area contributed by atoms with Crippen molar-refractivity contribution >= 4 is 24.4 Å². The summed E-state index contributed by atoms with van der Waals surface area (Å²) in [6.07, 6.45) is 1.47. The number of hydrogen-bond donors (Lipinski definition) is 0. The number of halogens is 2. The van der Waals surface area contributed by atoms with Gasteiger partial charge in [-0.3, -0.25) is 13.6 Å². The Hall–Kier alpha value is -3.12. The molecule has 1 aromatic heterocycles. The van der Waals surface area contributed by atoms with Gasteiger partial charge >= 0.3 is 7.40 Å². The number of nitrogens with zero attached hydrogens (tertiary/aromatic N) is 5. The molecule has 1 aliphatic rings. The monoisotopic (exact) mass is 421 g/mol. The van der Waals surface area contributed by atoms with Crippen LogP contribution in [-0.4, -0.2) is 17.6 Å². The number of hydrogen-bond acceptors (Lipinski definition) is 2. The minimum Gasteiger partial charge on any atom is -0.329 e. The lowest BCUT2D eigenvalue weighted by Crippen LogP contribution is -2.18. The van der Waals surface area contributed by atoms with Crippen LogP contribution in [0.5, 0.6) is 0 Å². The lowest BCUT2D eigenvalue weighted by atomic mass is 9.92. The quantitative estimate of drug-likeness (QED) is 0.203. The lowest BCUT2D eigenvalue weighted by molar-refractivity contribution is 0.623. The smallest absolute Gasteiger partial charge is 0.329 e. The predicted molar refractivity (Wildman–Crippen MR) is 124 cm³/mol. The second-order valence-electron chi connectivity index (χ2n) is 7.66. The molecule has 0 fully saturated rings. The van der Waals surface area contributed by atoms with Crippen molar-refractivity contribution in [3.05, 3.63) is 79.6 Å². The van der Waals surface area contributed by atoms with E-state index in [1.807, 2.05) is 33.8 Å². The van der Waals surface area contributed by atoms with Crippen LogP contribution < -0.4 is 0 Å². The van der Waals surface area contributed by atoms with Crippen molar-refractivity contribution in [2.75, 3.05) is 0 Å². The summed E-state index contributed by atoms with van der Waals surface area (Å²) in [5.41, 5.74) is 17.1. The molecule has 0 amide bonds. The van der Waals surface area contributed by atoms with Gasteiger partial charge in [-0.2, -0.15) is 0 Å². The fourth-order valence-electron chi connectivity index (χ4n) is 4.64. The van der Waals surface area contributed by atoms with E-state index in [1.165, 1.54) is 0 Å². The molecule has 1 aromatic carbocycles. The van der Waals surface area contributed by atoms with Crippen molar-refractivity contribution in [1.82, 2.24) is 4.48 Å². The number of aliphatic imine (C=N–C) groups is 1. The maximum atomic E-state index is 14.3. The van der Waals surface area contributed by atoms with E-state index in [-0.39, 0.29) is 0 Å². The number of allylic oxidation sites excluding steroid dienone is 2. The van der Waals surface area contributed by atoms with Crippen molar-refractivity contribution in [3.8, 4) is 0 Å². The summed E-state index contributed by atoms with van der Waals surface area (Å²) in [5.74, 6) is 0. The molecule has 0 radical (unpaired) electrons. The zero-order chi connectivity index (χ0) is 22.9. The van der Waals surface area contributed by atoms with Gasteiger partial charge in [-0.1, -0.05) is 37.2 Å². The van der Waals surface area contributed by atoms with E-state index in [0.29, 0.717) is 40.3 Å². The maximum Gasteiger partial charge on any atom is 0.677 e. The summed E-state index contributed by atoms with van der Waals surface area (Å²) in [4.78, 5) is 7.69. The molecular weight excluding hydrogens is 395 g/mol. The third-order valence-corrected chi connectivity index (χ3v) is 6.04. The highest BCUT2D eigenvalue weighted by atomic mass is 19.2. The van der Waals surface area contributed by atoms with Crippen LogP contribution in [0.4, 0.5) is 14.3 Å². The molecule has 0 bridgehead atoms. The Labute approximate surface area is 182 Å². The summed E-state index contributed by atoms with van der Waals surface area (Å²) >= 11 is 0. The van der Waals surface area contributed by atoms with Crippen LogP contribution >= 0.6 is 0 Å². The third-order valence-electron chi connectivity index (χ3n) is 6.04. The van der Waals surface area contributed by atoms with Crippen LogP contribution in [0.3, 0.4) is 0 Å². The highest BCUT2D eigenvalue weighted by molar-refractivity contribution is 6.41. The largest absolute Gasteiger partial charge is 0.677 e. The first kappa shape index (κ1) is 22.6. The van der Waals surface area contributed by atoms with Gasteiger partial charge in [0.15, 0.2) is 0 Å². The molecule has 0 saturated carbocycles. The molecule has 2 heterocycles. The van der Waals surface area contributed by atoms with Gasteiger partial charge in [-0.25, -0.2) is 0 Å². The van der Waals surface area contributed by atoms with Gasteiger partial charge in [-0.15, -0.1) is 0 Å². The minimum absolute atomic E-state index is 0.425. The molecular formula is C23H26BF2N5. The molecule has 8 heteroatoms. The van der Waals surface area contributed by atoms with E-state index in [2.05, 4.69) is 16.9 Å². The Bertz CT molecular complexity index is 1180. The van der Waals surface area contributed by atoms with Gasteiger partial charge in [-0.05, 0) is 80.0 Å². The van der Waals surface area contributed by atoms with Crippen molar-refractivity contribution in [3.63, 3.8) is 0 Å². The van der Waals surface area contributed by atoms with Gasteiger partial charge in [0.05, 0.1) is 5.70 Å². The average molecular weight is 421 g/mol. The van der Waals surface area contributed by atoms with Crippen molar-refractivity contribution in [2.45, 2.75) is 54.4 Å². The Morgan fingerprint density at radius 1 is 1.16 bits per heavy atom. The zero-order valence-corrected chi connectivity index (χ0v) is 18.8. The Morgan fingerprint density at radius 2 is 1.87 bits per heavy atom. The highest BCUT2D eigenvalue weighted by Crippen LogP contribution is 2.41. The molecule has 5 nitrogen and oxygen atoms in total. The first-order chi connectivity index (χ1) is 14.8. The second kappa shape index (κ2) is 8.94. The van der Waals surface area contributed by atoms with Crippen molar-refractivity contribution in [1.29, 1.82) is 0 Å². The van der Waals surface area contributed by atoms with E-state index in [0.717, 1.165) is 38.9 Å². The summed E-state index contributed by atoms with van der Waals surface area (Å²) in [5, 5.41) is 3.71. The Kier molecular flexibility index (Phi) is 6.51. The van der Waals surface area contributed by atoms with E-state index in [9.17, 15) is 8.63 Å². The average Bonchev–Trinajstić information content (AvgIpc) is 3.15. The zero-order valence-electron chi connectivity index (χ0n) is 18.8. The number of azide groups is 1. The van der Waals surface area contributed by atoms with Gasteiger partial charge in [0, 0.05) is 33.3 Å². The van der Waals surface area contributed by atoms with E-state index in [1.54, 1.807) is 25.1 Å².